The summed E-state index contributed by atoms with van der Waals surface area (Å²) in [6.07, 6.45) is 0. The maximum atomic E-state index is 12.4. The van der Waals surface area contributed by atoms with Crippen LogP contribution in [0.1, 0.15) is 15.9 Å². The number of halogens is 2. The summed E-state index contributed by atoms with van der Waals surface area (Å²) < 4.78 is 12.4. The number of anilines is 1. The van der Waals surface area contributed by atoms with Gasteiger partial charge in [0.15, 0.2) is 11.5 Å². The molecule has 22 heavy (non-hydrogen) atoms. The molecule has 1 amide bonds. The van der Waals surface area contributed by atoms with E-state index in [4.69, 9.17) is 9.47 Å². The van der Waals surface area contributed by atoms with Crippen molar-refractivity contribution in [1.29, 1.82) is 0 Å². The quantitative estimate of drug-likeness (QED) is 0.655. The van der Waals surface area contributed by atoms with Crippen molar-refractivity contribution in [2.75, 3.05) is 19.5 Å². The fourth-order valence-electron chi connectivity index (χ4n) is 1.97. The highest BCUT2D eigenvalue weighted by Crippen LogP contribution is 2.33. The zero-order valence-corrected chi connectivity index (χ0v) is 16.1. The van der Waals surface area contributed by atoms with Gasteiger partial charge in [0.1, 0.15) is 0 Å². The Labute approximate surface area is 151 Å². The second kappa shape index (κ2) is 7.32. The molecule has 0 bridgehead atoms. The van der Waals surface area contributed by atoms with Gasteiger partial charge in [0.25, 0.3) is 5.91 Å². The molecule has 0 spiro atoms. The summed E-state index contributed by atoms with van der Waals surface area (Å²) in [6.45, 7) is 1.97. The first-order chi connectivity index (χ1) is 10.5. The van der Waals surface area contributed by atoms with Gasteiger partial charge in [0.05, 0.1) is 17.8 Å². The number of carbonyl (C=O) groups excluding carboxylic acids is 1. The SMILES string of the molecule is COc1cc(C(=O)Nc2ccc(Br)c(C)c2)cc(I)c1OC. The molecule has 0 saturated heterocycles. The van der Waals surface area contributed by atoms with Gasteiger partial charge in [-0.1, -0.05) is 15.9 Å². The maximum absolute atomic E-state index is 12.4. The molecule has 1 N–H and O–H groups in total. The normalized spacial score (nSPS) is 10.2. The number of hydrogen-bond donors (Lipinski definition) is 1. The highest BCUT2D eigenvalue weighted by molar-refractivity contribution is 14.1. The van der Waals surface area contributed by atoms with Gasteiger partial charge in [0, 0.05) is 15.7 Å². The van der Waals surface area contributed by atoms with Crippen LogP contribution in [0, 0.1) is 10.5 Å². The summed E-state index contributed by atoms with van der Waals surface area (Å²) in [6, 6.07) is 9.10. The average Bonchev–Trinajstić information content (AvgIpc) is 2.50. The molecule has 0 atom stereocenters. The monoisotopic (exact) mass is 475 g/mol. The van der Waals surface area contributed by atoms with Gasteiger partial charge < -0.3 is 14.8 Å². The predicted molar refractivity (Wildman–Crippen MR) is 99.1 cm³/mol. The van der Waals surface area contributed by atoms with Crippen molar-refractivity contribution >= 4 is 50.1 Å². The Morgan fingerprint density at radius 1 is 1.18 bits per heavy atom. The Kier molecular flexibility index (Phi) is 5.69. The first-order valence-corrected chi connectivity index (χ1v) is 8.32. The molecule has 0 aromatic heterocycles. The molecule has 2 aromatic rings. The largest absolute Gasteiger partial charge is 0.493 e. The van der Waals surface area contributed by atoms with Crippen LogP contribution in [-0.2, 0) is 0 Å². The molecule has 0 aliphatic rings. The van der Waals surface area contributed by atoms with Crippen LogP contribution in [0.2, 0.25) is 0 Å². The van der Waals surface area contributed by atoms with Crippen LogP contribution in [0.5, 0.6) is 11.5 Å². The van der Waals surface area contributed by atoms with Gasteiger partial charge in [-0.05, 0) is 65.4 Å². The van der Waals surface area contributed by atoms with E-state index in [-0.39, 0.29) is 5.91 Å². The van der Waals surface area contributed by atoms with E-state index in [9.17, 15) is 4.79 Å². The van der Waals surface area contributed by atoms with Gasteiger partial charge in [-0.2, -0.15) is 0 Å². The number of hydrogen-bond acceptors (Lipinski definition) is 3. The molecule has 0 fully saturated rings. The summed E-state index contributed by atoms with van der Waals surface area (Å²) in [5.41, 5.74) is 2.32. The topological polar surface area (TPSA) is 47.6 Å². The molecular formula is C16H15BrINO3. The highest BCUT2D eigenvalue weighted by atomic mass is 127. The van der Waals surface area contributed by atoms with Crippen molar-refractivity contribution < 1.29 is 14.3 Å². The number of carbonyl (C=O) groups is 1. The Balaban J connectivity index is 2.29. The van der Waals surface area contributed by atoms with Crippen LogP contribution in [-0.4, -0.2) is 20.1 Å². The van der Waals surface area contributed by atoms with Gasteiger partial charge >= 0.3 is 0 Å². The van der Waals surface area contributed by atoms with Gasteiger partial charge in [-0.25, -0.2) is 0 Å². The fourth-order valence-corrected chi connectivity index (χ4v) is 3.04. The first-order valence-electron chi connectivity index (χ1n) is 6.45. The molecule has 0 unspecified atom stereocenters. The number of rotatable bonds is 4. The van der Waals surface area contributed by atoms with E-state index < -0.39 is 0 Å². The molecule has 0 heterocycles. The number of methoxy groups -OCH3 is 2. The molecule has 2 aromatic carbocycles. The summed E-state index contributed by atoms with van der Waals surface area (Å²) in [7, 11) is 3.12. The Morgan fingerprint density at radius 3 is 2.50 bits per heavy atom. The van der Waals surface area contributed by atoms with E-state index >= 15 is 0 Å². The molecule has 0 radical (unpaired) electrons. The Morgan fingerprint density at radius 2 is 1.91 bits per heavy atom. The Hall–Kier alpha value is -1.28. The smallest absolute Gasteiger partial charge is 0.255 e. The van der Waals surface area contributed by atoms with Crippen molar-refractivity contribution in [2.45, 2.75) is 6.92 Å². The van der Waals surface area contributed by atoms with Crippen molar-refractivity contribution in [3.63, 3.8) is 0 Å². The van der Waals surface area contributed by atoms with Crippen molar-refractivity contribution in [3.05, 3.63) is 49.5 Å². The molecule has 116 valence electrons. The van der Waals surface area contributed by atoms with Crippen molar-refractivity contribution in [3.8, 4) is 11.5 Å². The standard InChI is InChI=1S/C16H15BrINO3/c1-9-6-11(4-5-12(9)17)19-16(20)10-7-13(18)15(22-3)14(8-10)21-2/h4-8H,1-3H3,(H,19,20). The summed E-state index contributed by atoms with van der Waals surface area (Å²) >= 11 is 5.56. The molecule has 4 nitrogen and oxygen atoms in total. The zero-order chi connectivity index (χ0) is 16.3. The van der Waals surface area contributed by atoms with Crippen LogP contribution in [0.3, 0.4) is 0 Å². The van der Waals surface area contributed by atoms with Gasteiger partial charge in [-0.3, -0.25) is 4.79 Å². The molecule has 0 aliphatic carbocycles. The predicted octanol–water partition coefficient (Wildman–Crippen LogP) is 4.63. The van der Waals surface area contributed by atoms with E-state index in [2.05, 4.69) is 43.8 Å². The van der Waals surface area contributed by atoms with E-state index in [1.54, 1.807) is 26.4 Å². The Bertz CT molecular complexity index is 719. The third-order valence-corrected chi connectivity index (χ3v) is 4.80. The van der Waals surface area contributed by atoms with Crippen LogP contribution < -0.4 is 14.8 Å². The van der Waals surface area contributed by atoms with Gasteiger partial charge in [0.2, 0.25) is 0 Å². The summed E-state index contributed by atoms with van der Waals surface area (Å²) in [5.74, 6) is 0.964. The second-order valence-corrected chi connectivity index (χ2v) is 6.63. The minimum absolute atomic E-state index is 0.194. The van der Waals surface area contributed by atoms with Crippen LogP contribution in [0.4, 0.5) is 5.69 Å². The fraction of sp³-hybridized carbons (Fsp3) is 0.188. The summed E-state index contributed by atoms with van der Waals surface area (Å²) in [4.78, 5) is 12.4. The lowest BCUT2D eigenvalue weighted by atomic mass is 10.1. The molecule has 2 rings (SSSR count). The van der Waals surface area contributed by atoms with Crippen molar-refractivity contribution in [2.24, 2.45) is 0 Å². The third kappa shape index (κ3) is 3.73. The van der Waals surface area contributed by atoms with Crippen LogP contribution >= 0.6 is 38.5 Å². The van der Waals surface area contributed by atoms with E-state index in [1.807, 2.05) is 25.1 Å². The molecular weight excluding hydrogens is 461 g/mol. The van der Waals surface area contributed by atoms with E-state index in [1.165, 1.54) is 0 Å². The average molecular weight is 476 g/mol. The number of amides is 1. The molecule has 0 aliphatic heterocycles. The third-order valence-electron chi connectivity index (χ3n) is 3.11. The maximum Gasteiger partial charge on any atom is 0.255 e. The highest BCUT2D eigenvalue weighted by Gasteiger charge is 2.15. The number of aryl methyl sites for hydroxylation is 1. The van der Waals surface area contributed by atoms with E-state index in [0.717, 1.165) is 19.3 Å². The molecule has 6 heteroatoms. The first kappa shape index (κ1) is 17.1. The van der Waals surface area contributed by atoms with Crippen LogP contribution in [0.15, 0.2) is 34.8 Å². The summed E-state index contributed by atoms with van der Waals surface area (Å²) in [5, 5.41) is 2.88. The zero-order valence-electron chi connectivity index (χ0n) is 12.4. The minimum atomic E-state index is -0.194. The van der Waals surface area contributed by atoms with Gasteiger partial charge in [-0.15, -0.1) is 0 Å². The van der Waals surface area contributed by atoms with E-state index in [0.29, 0.717) is 17.1 Å². The van der Waals surface area contributed by atoms with Crippen LogP contribution in [0.25, 0.3) is 0 Å². The lowest BCUT2D eigenvalue weighted by Crippen LogP contribution is -2.12. The number of benzene rings is 2. The lowest BCUT2D eigenvalue weighted by molar-refractivity contribution is 0.102. The molecule has 0 saturated carbocycles. The number of nitrogens with one attached hydrogen (secondary N) is 1. The second-order valence-electron chi connectivity index (χ2n) is 4.61. The number of ether oxygens (including phenoxy) is 2. The lowest BCUT2D eigenvalue weighted by Gasteiger charge is -2.12. The minimum Gasteiger partial charge on any atom is -0.493 e. The van der Waals surface area contributed by atoms with Crippen molar-refractivity contribution in [1.82, 2.24) is 0 Å².